The van der Waals surface area contributed by atoms with Crippen LogP contribution in [0.25, 0.3) is 21.1 Å². The van der Waals surface area contributed by atoms with E-state index in [1.807, 2.05) is 12.1 Å². The number of aliphatic hydroxyl groups is 6. The maximum Gasteiger partial charge on any atom is 0.261 e. The van der Waals surface area contributed by atoms with Gasteiger partial charge < -0.3 is 82.0 Å². The Morgan fingerprint density at radius 1 is 0.779 bits per heavy atom. The van der Waals surface area contributed by atoms with Gasteiger partial charge in [-0.3, -0.25) is 33.6 Å². The predicted octanol–water partition coefficient (Wildman–Crippen LogP) is -0.714. The van der Waals surface area contributed by atoms with E-state index in [0.717, 1.165) is 28.4 Å². The van der Waals surface area contributed by atoms with Crippen molar-refractivity contribution in [1.82, 2.24) is 46.6 Å². The van der Waals surface area contributed by atoms with Gasteiger partial charge in [-0.15, -0.1) is 10.2 Å². The second kappa shape index (κ2) is 29.6. The van der Waals surface area contributed by atoms with Gasteiger partial charge in [-0.25, -0.2) is 5.26 Å². The van der Waals surface area contributed by atoms with Crippen molar-refractivity contribution < 1.29 is 88.1 Å². The van der Waals surface area contributed by atoms with Gasteiger partial charge in [0.2, 0.25) is 35.4 Å². The van der Waals surface area contributed by atoms with E-state index in [1.165, 1.54) is 80.2 Å². The number of hydrogen-bond donors (Lipinski definition) is 14. The van der Waals surface area contributed by atoms with Crippen molar-refractivity contribution in [2.45, 2.75) is 150 Å². The second-order valence-electron chi connectivity index (χ2n) is 22.1. The van der Waals surface area contributed by atoms with E-state index in [-0.39, 0.29) is 48.7 Å². The number of nitrogens with zero attached hydrogens (tertiary/aromatic N) is 4. The van der Waals surface area contributed by atoms with Crippen molar-refractivity contribution in [2.24, 2.45) is 11.7 Å². The van der Waals surface area contributed by atoms with Crippen molar-refractivity contribution in [3.8, 4) is 32.6 Å². The molecule has 0 unspecified atom stereocenters. The van der Waals surface area contributed by atoms with Crippen LogP contribution in [0, 0.1) is 5.92 Å². The lowest BCUT2D eigenvalue weighted by Gasteiger charge is -2.34. The summed E-state index contributed by atoms with van der Waals surface area (Å²) in [4.78, 5) is 103. The first-order chi connectivity index (χ1) is 41.1. The van der Waals surface area contributed by atoms with Gasteiger partial charge in [0.1, 0.15) is 46.3 Å². The molecule has 28 nitrogen and oxygen atoms in total. The van der Waals surface area contributed by atoms with E-state index >= 15 is 0 Å². The molecular weight excluding hydrogens is 1160 g/mol. The van der Waals surface area contributed by atoms with Gasteiger partial charge in [0.15, 0.2) is 11.5 Å². The number of phenols is 1. The van der Waals surface area contributed by atoms with Crippen molar-refractivity contribution in [2.75, 3.05) is 26.2 Å². The first-order valence-corrected chi connectivity index (χ1v) is 29.7. The molecule has 15 N–H and O–H groups in total. The summed E-state index contributed by atoms with van der Waals surface area (Å²) in [5.74, 6) is -8.71. The molecule has 4 aliphatic rings. The summed E-state index contributed by atoms with van der Waals surface area (Å²) < 4.78 is 9.33. The molecule has 0 spiro atoms. The molecule has 3 aromatic carbocycles. The van der Waals surface area contributed by atoms with Crippen molar-refractivity contribution in [1.29, 1.82) is 0 Å². The number of aromatic nitrogens is 2. The van der Waals surface area contributed by atoms with Gasteiger partial charge in [-0.2, -0.15) is 0 Å². The number of carbonyl (C=O) groups excluding carboxylic acids is 7. The zero-order valence-electron chi connectivity index (χ0n) is 47.0. The third-order valence-electron chi connectivity index (χ3n) is 15.9. The van der Waals surface area contributed by atoms with E-state index in [2.05, 4.69) is 58.3 Å². The van der Waals surface area contributed by atoms with Gasteiger partial charge in [-0.1, -0.05) is 89.4 Å². The largest absolute Gasteiger partial charge is 0.504 e. The fraction of sp³-hybridized carbons (Fsp3) is 0.518. The number of nitrogens with two attached hydrogens (primary N) is 1. The van der Waals surface area contributed by atoms with Gasteiger partial charge in [0.05, 0.1) is 36.6 Å². The number of carbonyl (C=O) groups is 7. The Labute approximate surface area is 502 Å². The smallest absolute Gasteiger partial charge is 0.261 e. The molecule has 1 saturated carbocycles. The molecule has 3 aliphatic heterocycles. The van der Waals surface area contributed by atoms with Crippen molar-refractivity contribution >= 4 is 65.0 Å². The number of hydrogen-bond acceptors (Lipinski definition) is 23. The van der Waals surface area contributed by atoms with Gasteiger partial charge in [0, 0.05) is 61.5 Å². The van der Waals surface area contributed by atoms with E-state index < -0.39 is 158 Å². The second-order valence-corrected chi connectivity index (χ2v) is 23.5. The Balaban J connectivity index is 1.08. The number of phenolic OH excluding ortho intramolecular Hbond substituents is 1. The number of rotatable bonds is 16. The molecule has 30 heteroatoms. The Morgan fingerprint density at radius 3 is 2.07 bits per heavy atom. The lowest BCUT2D eigenvalue weighted by molar-refractivity contribution is -0.433. The highest BCUT2D eigenvalue weighted by Crippen LogP contribution is 2.36. The van der Waals surface area contributed by atoms with Crippen LogP contribution in [0.15, 0.2) is 66.7 Å². The number of aliphatic hydroxyl groups excluding tert-OH is 6. The molecule has 8 rings (SSSR count). The molecular formula is C56H72N10O18S2. The molecule has 4 aromatic rings. The highest BCUT2D eigenvalue weighted by Gasteiger charge is 2.50. The summed E-state index contributed by atoms with van der Waals surface area (Å²) in [7, 11) is 0. The van der Waals surface area contributed by atoms with Crippen LogP contribution in [0.4, 0.5) is 0 Å². The molecule has 1 aliphatic carbocycles. The first-order valence-electron chi connectivity index (χ1n) is 28.2. The molecule has 1 aromatic heterocycles. The Hall–Kier alpha value is -6.94. The zero-order valence-corrected chi connectivity index (χ0v) is 48.6. The normalized spacial score (nSPS) is 26.9. The zero-order chi connectivity index (χ0) is 61.9. The van der Waals surface area contributed by atoms with Crippen LogP contribution in [0.5, 0.6) is 11.5 Å². The number of benzene rings is 3. The van der Waals surface area contributed by atoms with Gasteiger partial charge >= 0.3 is 0 Å². The summed E-state index contributed by atoms with van der Waals surface area (Å²) in [6, 6.07) is 7.04. The lowest BCUT2D eigenvalue weighted by Crippen LogP contribution is -2.64. The summed E-state index contributed by atoms with van der Waals surface area (Å²) in [6.45, 7) is 0.896. The van der Waals surface area contributed by atoms with E-state index in [1.54, 1.807) is 12.1 Å². The van der Waals surface area contributed by atoms with E-state index in [4.69, 9.17) is 15.2 Å². The molecule has 4 fully saturated rings. The third-order valence-corrected chi connectivity index (χ3v) is 17.3. The molecule has 13 atom stereocenters. The van der Waals surface area contributed by atoms with Crippen molar-refractivity contribution in [3.05, 3.63) is 83.4 Å². The summed E-state index contributed by atoms with van der Waals surface area (Å²) in [5, 5.41) is 113. The fourth-order valence-electron chi connectivity index (χ4n) is 11.2. The van der Waals surface area contributed by atoms with E-state index in [0.29, 0.717) is 21.5 Å². The lowest BCUT2D eigenvalue weighted by atomic mass is 9.84. The quantitative estimate of drug-likeness (QED) is 0.0285. The number of amides is 7. The molecule has 4 heterocycles. The minimum absolute atomic E-state index is 0.0407. The monoisotopic (exact) mass is 1240 g/mol. The van der Waals surface area contributed by atoms with Crippen LogP contribution in [-0.2, 0) is 44.6 Å². The van der Waals surface area contributed by atoms with Gasteiger partial charge in [0.25, 0.3) is 18.2 Å². The van der Waals surface area contributed by atoms with Crippen LogP contribution >= 0.6 is 23.7 Å². The number of nitrogens with one attached hydrogen (secondary N) is 5. The molecule has 0 radical (unpaired) electrons. The Morgan fingerprint density at radius 2 is 1.42 bits per heavy atom. The highest BCUT2D eigenvalue weighted by molar-refractivity contribution is 7.90. The minimum Gasteiger partial charge on any atom is -0.504 e. The summed E-state index contributed by atoms with van der Waals surface area (Å²) >= 11 is 1.43. The Kier molecular flexibility index (Phi) is 22.4. The highest BCUT2D eigenvalue weighted by atomic mass is 32.2. The molecule has 7 amide bonds. The molecule has 466 valence electrons. The van der Waals surface area contributed by atoms with Crippen LogP contribution < -0.4 is 36.5 Å². The van der Waals surface area contributed by atoms with Gasteiger partial charge in [-0.05, 0) is 74.0 Å². The van der Waals surface area contributed by atoms with Crippen molar-refractivity contribution in [3.63, 3.8) is 0 Å². The summed E-state index contributed by atoms with van der Waals surface area (Å²) in [6.07, 6.45) is -6.12. The maximum atomic E-state index is 14.7. The first kappa shape index (κ1) is 65.0. The van der Waals surface area contributed by atoms with Crippen LogP contribution in [-0.4, -0.2) is 201 Å². The van der Waals surface area contributed by atoms with E-state index in [9.17, 15) is 69.3 Å². The number of β-amino-alcohol motifs (C(OH)–C–C–N with tert-alkyl or cyclic N) is 1. The number of aromatic hydroxyl groups is 1. The SMILES string of the molecule is C[C@H](O)[C@@H]1NC(=O)[C@@H](NC(=O)c2ccc(-c3nnc(-c4ccc(C5CCCCC5)cc4)s3)cc2)C[C@H](O)CNC(=O)[C@@H]2[C@@H](O)[C@H](C)CN2C(=O)[C@H]([C@H](O)CCN)NC(=O)[C@H]([C@H](O)Cc2ccc(O)c(OSOOO)c2)NC(=O)[C@@H]2C[C@H](O)CN2C1=O. The standard InChI is InChI=1S/C56H72N10O18S2/c1-27-25-66-46(47(27)73)52(78)58-24-35(68)22-37(59-48(74)32-11-15-34(16-12-32)54-64-63-53(85-54)33-13-9-31(10-14-33)30-6-4-3-5-7-30)49(75)60-43(28(2)67)55(79)65-26-36(69)23-38(65)50(76)61-44(51(77)62-45(56(66)80)40(71)18-19-57)41(72)20-29-8-17-39(70)42(21-29)82-86-84-83-81/h8-17,21,27-28,30,35-38,40-41,43-47,67-73,81H,3-7,18-20,22-26,57H2,1-2H3,(H,58,78)(H,59,74)(H,60,75)(H,61,76)(H,62,77)/t27-,28+,35+,36+,37+,38+,40-,41-,43+,44+,45+,46+,47+/m1/s1. The number of fused-ring (bicyclic) bond motifs is 2. The van der Waals surface area contributed by atoms with Crippen LogP contribution in [0.3, 0.4) is 0 Å². The maximum absolute atomic E-state index is 14.7. The average molecular weight is 1240 g/mol. The topological polar surface area (TPSA) is 427 Å². The Bertz CT molecular complexity index is 3030. The van der Waals surface area contributed by atoms with Crippen LogP contribution in [0.1, 0.15) is 92.6 Å². The van der Waals surface area contributed by atoms with Crippen LogP contribution in [0.2, 0.25) is 0 Å². The average Bonchev–Trinajstić information content (AvgIpc) is 2.20. The molecule has 0 bridgehead atoms. The molecule has 86 heavy (non-hydrogen) atoms. The summed E-state index contributed by atoms with van der Waals surface area (Å²) in [5.41, 5.74) is 8.78. The minimum atomic E-state index is -2.10. The fourth-order valence-corrected chi connectivity index (χ4v) is 12.3. The third kappa shape index (κ3) is 15.8. The predicted molar refractivity (Wildman–Crippen MR) is 306 cm³/mol. The molecule has 3 saturated heterocycles.